The van der Waals surface area contributed by atoms with Crippen LogP contribution in [0, 0.1) is 6.92 Å². The lowest BCUT2D eigenvalue weighted by atomic mass is 10.1. The maximum atomic E-state index is 13.6. The highest BCUT2D eigenvalue weighted by Gasteiger charge is 2.43. The van der Waals surface area contributed by atoms with Gasteiger partial charge in [-0.15, -0.1) is 11.3 Å². The number of likely N-dealkylation sites (N-methyl/N-ethyl adjacent to an activating group) is 1. The molecule has 4 rings (SSSR count). The number of amides is 2. The van der Waals surface area contributed by atoms with Gasteiger partial charge in [0.1, 0.15) is 5.70 Å². The van der Waals surface area contributed by atoms with E-state index in [0.29, 0.717) is 34.1 Å². The zero-order chi connectivity index (χ0) is 20.5. The Bertz CT molecular complexity index is 1110. The molecule has 0 spiro atoms. The minimum absolute atomic E-state index is 0.327. The van der Waals surface area contributed by atoms with Gasteiger partial charge in [0.15, 0.2) is 0 Å². The highest BCUT2D eigenvalue weighted by molar-refractivity contribution is 7.11. The van der Waals surface area contributed by atoms with Gasteiger partial charge in [-0.1, -0.05) is 41.9 Å². The number of anilines is 2. The topological polar surface area (TPSA) is 40.6 Å². The van der Waals surface area contributed by atoms with Crippen molar-refractivity contribution < 1.29 is 9.59 Å². The van der Waals surface area contributed by atoms with Crippen molar-refractivity contribution >= 4 is 51.7 Å². The van der Waals surface area contributed by atoms with E-state index in [4.69, 9.17) is 11.6 Å². The van der Waals surface area contributed by atoms with Gasteiger partial charge in [0.05, 0.1) is 11.3 Å². The maximum absolute atomic E-state index is 13.6. The fraction of sp³-hybridized carbons (Fsp3) is 0.130. The molecular weight excluding hydrogens is 404 g/mol. The molecule has 0 atom stereocenters. The molecule has 0 bridgehead atoms. The molecule has 0 N–H and O–H groups in total. The Morgan fingerprint density at radius 1 is 0.966 bits per heavy atom. The van der Waals surface area contributed by atoms with E-state index in [0.717, 1.165) is 10.6 Å². The third-order valence-corrected chi connectivity index (χ3v) is 6.26. The van der Waals surface area contributed by atoms with E-state index < -0.39 is 0 Å². The molecule has 3 aromatic rings. The summed E-state index contributed by atoms with van der Waals surface area (Å²) >= 11 is 7.72. The van der Waals surface area contributed by atoms with Crippen LogP contribution < -0.4 is 9.80 Å². The SMILES string of the molecule is CCN(C1=C(c2cccs2)C(=O)N(c2cccc(Cl)c2C)C1=O)c1ccccc1. The van der Waals surface area contributed by atoms with Crippen LogP contribution >= 0.6 is 22.9 Å². The Labute approximate surface area is 178 Å². The average Bonchev–Trinajstić information content (AvgIpc) is 3.33. The Hall–Kier alpha value is -2.89. The first-order valence-corrected chi connectivity index (χ1v) is 10.5. The third kappa shape index (κ3) is 3.26. The number of hydrogen-bond acceptors (Lipinski definition) is 4. The molecular formula is C23H19ClN2O2S. The lowest BCUT2D eigenvalue weighted by Crippen LogP contribution is -2.35. The van der Waals surface area contributed by atoms with Crippen molar-refractivity contribution in [2.24, 2.45) is 0 Å². The number of halogens is 1. The van der Waals surface area contributed by atoms with Gasteiger partial charge >= 0.3 is 0 Å². The van der Waals surface area contributed by atoms with Gasteiger partial charge in [0, 0.05) is 22.1 Å². The largest absolute Gasteiger partial charge is 0.337 e. The van der Waals surface area contributed by atoms with Crippen LogP contribution in [-0.2, 0) is 9.59 Å². The van der Waals surface area contributed by atoms with E-state index in [1.807, 2.05) is 66.6 Å². The number of hydrogen-bond donors (Lipinski definition) is 0. The average molecular weight is 423 g/mol. The number of para-hydroxylation sites is 1. The van der Waals surface area contributed by atoms with Crippen molar-refractivity contribution in [1.29, 1.82) is 0 Å². The lowest BCUT2D eigenvalue weighted by molar-refractivity contribution is -0.120. The number of benzene rings is 2. The maximum Gasteiger partial charge on any atom is 0.282 e. The zero-order valence-electron chi connectivity index (χ0n) is 16.1. The first kappa shape index (κ1) is 19.4. The molecule has 2 amide bonds. The molecule has 0 aliphatic carbocycles. The van der Waals surface area contributed by atoms with Crippen molar-refractivity contribution in [2.45, 2.75) is 13.8 Å². The summed E-state index contributed by atoms with van der Waals surface area (Å²) < 4.78 is 0. The number of thiophene rings is 1. The number of rotatable bonds is 5. The Balaban J connectivity index is 1.91. The zero-order valence-corrected chi connectivity index (χ0v) is 17.6. The Morgan fingerprint density at radius 2 is 1.72 bits per heavy atom. The van der Waals surface area contributed by atoms with E-state index in [1.54, 1.807) is 18.2 Å². The first-order chi connectivity index (χ1) is 14.0. The molecule has 2 heterocycles. The molecule has 1 aromatic heterocycles. The third-order valence-electron chi connectivity index (χ3n) is 4.96. The van der Waals surface area contributed by atoms with Gasteiger partial charge in [0.2, 0.25) is 0 Å². The van der Waals surface area contributed by atoms with Crippen molar-refractivity contribution in [1.82, 2.24) is 0 Å². The van der Waals surface area contributed by atoms with E-state index in [1.165, 1.54) is 16.2 Å². The van der Waals surface area contributed by atoms with Crippen molar-refractivity contribution in [3.05, 3.63) is 87.2 Å². The van der Waals surface area contributed by atoms with Crippen LogP contribution in [0.25, 0.3) is 5.57 Å². The number of carbonyl (C=O) groups excluding carboxylic acids is 2. The Kier molecular flexibility index (Phi) is 5.26. The van der Waals surface area contributed by atoms with Gasteiger partial charge in [-0.2, -0.15) is 0 Å². The smallest absolute Gasteiger partial charge is 0.282 e. The molecule has 1 aliphatic heterocycles. The summed E-state index contributed by atoms with van der Waals surface area (Å²) in [4.78, 5) is 31.1. The summed E-state index contributed by atoms with van der Waals surface area (Å²) in [6.45, 7) is 4.34. The summed E-state index contributed by atoms with van der Waals surface area (Å²) in [5.41, 5.74) is 2.90. The lowest BCUT2D eigenvalue weighted by Gasteiger charge is -2.25. The summed E-state index contributed by atoms with van der Waals surface area (Å²) in [6, 6.07) is 18.7. The van der Waals surface area contributed by atoms with E-state index >= 15 is 0 Å². The second-order valence-electron chi connectivity index (χ2n) is 6.61. The van der Waals surface area contributed by atoms with Gasteiger partial charge < -0.3 is 4.90 Å². The fourth-order valence-corrected chi connectivity index (χ4v) is 4.48. The van der Waals surface area contributed by atoms with Crippen molar-refractivity contribution in [3.63, 3.8) is 0 Å². The second kappa shape index (κ2) is 7.85. The van der Waals surface area contributed by atoms with Crippen LogP contribution in [0.5, 0.6) is 0 Å². The molecule has 29 heavy (non-hydrogen) atoms. The fourth-order valence-electron chi connectivity index (χ4n) is 3.55. The van der Waals surface area contributed by atoms with Crippen LogP contribution in [0.2, 0.25) is 5.02 Å². The van der Waals surface area contributed by atoms with Crippen molar-refractivity contribution in [3.8, 4) is 0 Å². The normalized spacial score (nSPS) is 14.1. The van der Waals surface area contributed by atoms with Gasteiger partial charge in [0.25, 0.3) is 11.8 Å². The molecule has 0 saturated carbocycles. The predicted octanol–water partition coefficient (Wildman–Crippen LogP) is 5.52. The predicted molar refractivity (Wildman–Crippen MR) is 119 cm³/mol. The molecule has 0 saturated heterocycles. The standard InChI is InChI=1S/C23H19ClN2O2S/c1-3-25(16-9-5-4-6-10-16)21-20(19-13-8-14-29-19)22(27)26(23(21)28)18-12-7-11-17(24)15(18)2/h4-14H,3H2,1-2H3. The summed E-state index contributed by atoms with van der Waals surface area (Å²) in [6.07, 6.45) is 0. The van der Waals surface area contributed by atoms with Crippen LogP contribution in [0.15, 0.2) is 71.7 Å². The quantitative estimate of drug-likeness (QED) is 0.508. The van der Waals surface area contributed by atoms with Crippen LogP contribution in [0.1, 0.15) is 17.4 Å². The van der Waals surface area contributed by atoms with Crippen LogP contribution in [-0.4, -0.2) is 18.4 Å². The van der Waals surface area contributed by atoms with E-state index in [2.05, 4.69) is 0 Å². The van der Waals surface area contributed by atoms with Gasteiger partial charge in [-0.25, -0.2) is 4.90 Å². The molecule has 0 unspecified atom stereocenters. The molecule has 4 nitrogen and oxygen atoms in total. The van der Waals surface area contributed by atoms with E-state index in [-0.39, 0.29) is 11.8 Å². The summed E-state index contributed by atoms with van der Waals surface area (Å²) in [7, 11) is 0. The van der Waals surface area contributed by atoms with Crippen LogP contribution in [0.3, 0.4) is 0 Å². The summed E-state index contributed by atoms with van der Waals surface area (Å²) in [5, 5.41) is 2.42. The number of carbonyl (C=O) groups is 2. The van der Waals surface area contributed by atoms with Gasteiger partial charge in [-0.05, 0) is 55.1 Å². The second-order valence-corrected chi connectivity index (χ2v) is 7.97. The number of imide groups is 1. The minimum atomic E-state index is -0.338. The number of nitrogens with zero attached hydrogens (tertiary/aromatic N) is 2. The summed E-state index contributed by atoms with van der Waals surface area (Å²) in [5.74, 6) is -0.665. The highest BCUT2D eigenvalue weighted by Crippen LogP contribution is 2.39. The molecule has 1 aliphatic rings. The van der Waals surface area contributed by atoms with Crippen molar-refractivity contribution in [2.75, 3.05) is 16.3 Å². The molecule has 146 valence electrons. The monoisotopic (exact) mass is 422 g/mol. The minimum Gasteiger partial charge on any atom is -0.337 e. The van der Waals surface area contributed by atoms with E-state index in [9.17, 15) is 9.59 Å². The Morgan fingerprint density at radius 3 is 2.38 bits per heavy atom. The highest BCUT2D eigenvalue weighted by atomic mass is 35.5. The van der Waals surface area contributed by atoms with Gasteiger partial charge in [-0.3, -0.25) is 9.59 Å². The van der Waals surface area contributed by atoms with Crippen LogP contribution in [0.4, 0.5) is 11.4 Å². The molecule has 2 aromatic carbocycles. The molecule has 0 radical (unpaired) electrons. The molecule has 0 fully saturated rings. The molecule has 6 heteroatoms. The first-order valence-electron chi connectivity index (χ1n) is 9.29.